The van der Waals surface area contributed by atoms with Crippen molar-refractivity contribution in [2.75, 3.05) is 19.6 Å². The smallest absolute Gasteiger partial charge is 0.246 e. The number of amides is 1. The number of halogens is 1. The molecule has 2 rings (SSSR count). The van der Waals surface area contributed by atoms with Gasteiger partial charge in [0.25, 0.3) is 0 Å². The minimum atomic E-state index is 0.106. The fourth-order valence-electron chi connectivity index (χ4n) is 2.75. The fraction of sp³-hybridized carbons (Fsp3) is 0.500. The van der Waals surface area contributed by atoms with Gasteiger partial charge in [-0.05, 0) is 49.6 Å². The topological polar surface area (TPSA) is 32.3 Å². The molecule has 22 heavy (non-hydrogen) atoms. The summed E-state index contributed by atoms with van der Waals surface area (Å²) in [6, 6.07) is 7.84. The quantitative estimate of drug-likeness (QED) is 0.613. The normalized spacial score (nSPS) is 18.3. The Morgan fingerprint density at radius 2 is 2.18 bits per heavy atom. The number of benzene rings is 1. The summed E-state index contributed by atoms with van der Waals surface area (Å²) in [5.41, 5.74) is 0.995. The molecule has 1 aromatic carbocycles. The summed E-state index contributed by atoms with van der Waals surface area (Å²) in [5, 5.41) is 4.17. The first-order chi connectivity index (χ1) is 10.7. The van der Waals surface area contributed by atoms with E-state index in [2.05, 4.69) is 12.2 Å². The second-order valence-corrected chi connectivity index (χ2v) is 6.21. The summed E-state index contributed by atoms with van der Waals surface area (Å²) in [7, 11) is 0. The van der Waals surface area contributed by atoms with Crippen LogP contribution in [0.2, 0.25) is 5.02 Å². The molecule has 1 amide bonds. The second kappa shape index (κ2) is 8.96. The molecule has 1 heterocycles. The lowest BCUT2D eigenvalue weighted by molar-refractivity contribution is -0.126. The first-order valence-electron chi connectivity index (χ1n) is 8.15. The maximum atomic E-state index is 12.4. The molecular weight excluding hydrogens is 296 g/mol. The highest BCUT2D eigenvalue weighted by Crippen LogP contribution is 2.18. The van der Waals surface area contributed by atoms with Gasteiger partial charge in [0.2, 0.25) is 5.91 Å². The van der Waals surface area contributed by atoms with Crippen LogP contribution in [0.3, 0.4) is 0 Å². The van der Waals surface area contributed by atoms with Gasteiger partial charge in [0, 0.05) is 30.2 Å². The molecule has 0 radical (unpaired) electrons. The first-order valence-corrected chi connectivity index (χ1v) is 8.53. The zero-order valence-corrected chi connectivity index (χ0v) is 14.0. The molecule has 1 saturated heterocycles. The van der Waals surface area contributed by atoms with Crippen molar-refractivity contribution >= 4 is 23.6 Å². The van der Waals surface area contributed by atoms with Crippen LogP contribution in [0.5, 0.6) is 0 Å². The van der Waals surface area contributed by atoms with E-state index in [1.165, 1.54) is 12.8 Å². The average Bonchev–Trinajstić information content (AvgIpc) is 2.99. The number of unbranched alkanes of at least 4 members (excludes halogenated alkanes) is 1. The molecule has 0 bridgehead atoms. The van der Waals surface area contributed by atoms with Gasteiger partial charge in [0.1, 0.15) is 0 Å². The van der Waals surface area contributed by atoms with E-state index < -0.39 is 0 Å². The van der Waals surface area contributed by atoms with Gasteiger partial charge >= 0.3 is 0 Å². The Morgan fingerprint density at radius 3 is 2.91 bits per heavy atom. The van der Waals surface area contributed by atoms with Crippen molar-refractivity contribution in [3.63, 3.8) is 0 Å². The van der Waals surface area contributed by atoms with E-state index in [0.717, 1.165) is 38.0 Å². The third-order valence-corrected chi connectivity index (χ3v) is 4.29. The fourth-order valence-corrected chi connectivity index (χ4v) is 2.87. The maximum Gasteiger partial charge on any atom is 0.246 e. The lowest BCUT2D eigenvalue weighted by Gasteiger charge is -2.23. The Bertz CT molecular complexity index is 498. The van der Waals surface area contributed by atoms with E-state index in [1.807, 2.05) is 35.2 Å². The van der Waals surface area contributed by atoms with Crippen LogP contribution in [0.15, 0.2) is 30.3 Å². The van der Waals surface area contributed by atoms with Gasteiger partial charge in [-0.2, -0.15) is 0 Å². The Labute approximate surface area is 138 Å². The number of nitrogens with one attached hydrogen (secondary N) is 1. The summed E-state index contributed by atoms with van der Waals surface area (Å²) in [6.45, 7) is 4.99. The highest BCUT2D eigenvalue weighted by Gasteiger charge is 2.26. The summed E-state index contributed by atoms with van der Waals surface area (Å²) in [6.07, 6.45) is 8.12. The molecule has 1 aromatic rings. The number of likely N-dealkylation sites (tertiary alicyclic amines) is 1. The van der Waals surface area contributed by atoms with Crippen LogP contribution in [0, 0.1) is 0 Å². The molecule has 120 valence electrons. The van der Waals surface area contributed by atoms with Crippen molar-refractivity contribution in [3.8, 4) is 0 Å². The van der Waals surface area contributed by atoms with E-state index in [4.69, 9.17) is 11.6 Å². The average molecular weight is 321 g/mol. The van der Waals surface area contributed by atoms with E-state index in [1.54, 1.807) is 6.08 Å². The van der Waals surface area contributed by atoms with Gasteiger partial charge in [-0.3, -0.25) is 4.79 Å². The van der Waals surface area contributed by atoms with Crippen LogP contribution in [0.4, 0.5) is 0 Å². The molecule has 4 heteroatoms. The van der Waals surface area contributed by atoms with Crippen LogP contribution < -0.4 is 5.32 Å². The monoisotopic (exact) mass is 320 g/mol. The van der Waals surface area contributed by atoms with Crippen molar-refractivity contribution in [2.24, 2.45) is 0 Å². The third-order valence-electron chi connectivity index (χ3n) is 4.04. The van der Waals surface area contributed by atoms with Crippen molar-refractivity contribution in [1.82, 2.24) is 10.2 Å². The molecule has 1 aliphatic rings. The number of carbonyl (C=O) groups is 1. The van der Waals surface area contributed by atoms with Gasteiger partial charge < -0.3 is 10.2 Å². The van der Waals surface area contributed by atoms with E-state index in [9.17, 15) is 4.79 Å². The van der Waals surface area contributed by atoms with Gasteiger partial charge in [0.05, 0.1) is 0 Å². The Kier molecular flexibility index (Phi) is 6.94. The van der Waals surface area contributed by atoms with Crippen molar-refractivity contribution < 1.29 is 4.79 Å². The number of hydrogen-bond donors (Lipinski definition) is 1. The molecule has 1 atom stereocenters. The summed E-state index contributed by atoms with van der Waals surface area (Å²) in [5.74, 6) is 0.106. The highest BCUT2D eigenvalue weighted by molar-refractivity contribution is 6.30. The highest BCUT2D eigenvalue weighted by atomic mass is 35.5. The summed E-state index contributed by atoms with van der Waals surface area (Å²) in [4.78, 5) is 14.4. The molecule has 3 nitrogen and oxygen atoms in total. The number of hydrogen-bond acceptors (Lipinski definition) is 2. The molecule has 0 saturated carbocycles. The van der Waals surface area contributed by atoms with Crippen LogP contribution in [0.25, 0.3) is 6.08 Å². The Morgan fingerprint density at radius 1 is 1.41 bits per heavy atom. The molecule has 1 fully saturated rings. The minimum Gasteiger partial charge on any atom is -0.335 e. The SMILES string of the molecule is CCCCNCC1CCCN1C(=O)/C=C/c1ccc(Cl)cc1. The molecule has 1 unspecified atom stereocenters. The van der Waals surface area contributed by atoms with Crippen LogP contribution in [0.1, 0.15) is 38.2 Å². The third kappa shape index (κ3) is 5.15. The van der Waals surface area contributed by atoms with E-state index in [0.29, 0.717) is 11.1 Å². The minimum absolute atomic E-state index is 0.106. The van der Waals surface area contributed by atoms with Crippen molar-refractivity contribution in [3.05, 3.63) is 40.9 Å². The zero-order chi connectivity index (χ0) is 15.8. The predicted octanol–water partition coefficient (Wildman–Crippen LogP) is 3.73. The predicted molar refractivity (Wildman–Crippen MR) is 93.0 cm³/mol. The largest absolute Gasteiger partial charge is 0.335 e. The van der Waals surface area contributed by atoms with Gasteiger partial charge in [-0.15, -0.1) is 0 Å². The molecule has 0 spiro atoms. The lowest BCUT2D eigenvalue weighted by atomic mass is 10.2. The Hall–Kier alpha value is -1.32. The second-order valence-electron chi connectivity index (χ2n) is 5.77. The van der Waals surface area contributed by atoms with Crippen molar-refractivity contribution in [1.29, 1.82) is 0 Å². The molecule has 1 N–H and O–H groups in total. The van der Waals surface area contributed by atoms with Crippen LogP contribution in [-0.4, -0.2) is 36.5 Å². The standard InChI is InChI=1S/C18H25ClN2O/c1-2-3-12-20-14-17-5-4-13-21(17)18(22)11-8-15-6-9-16(19)10-7-15/h6-11,17,20H,2-5,12-14H2,1H3/b11-8+. The Balaban J connectivity index is 1.86. The van der Waals surface area contributed by atoms with E-state index >= 15 is 0 Å². The lowest BCUT2D eigenvalue weighted by Crippen LogP contribution is -2.41. The van der Waals surface area contributed by atoms with Crippen molar-refractivity contribution in [2.45, 2.75) is 38.6 Å². The van der Waals surface area contributed by atoms with Gasteiger partial charge in [-0.1, -0.05) is 37.1 Å². The van der Waals surface area contributed by atoms with Gasteiger partial charge in [-0.25, -0.2) is 0 Å². The first kappa shape index (κ1) is 17.0. The molecule has 0 aliphatic carbocycles. The molecular formula is C18H25ClN2O. The van der Waals surface area contributed by atoms with Crippen LogP contribution in [-0.2, 0) is 4.79 Å². The summed E-state index contributed by atoms with van der Waals surface area (Å²) < 4.78 is 0. The van der Waals surface area contributed by atoms with Gasteiger partial charge in [0.15, 0.2) is 0 Å². The maximum absolute atomic E-state index is 12.4. The zero-order valence-electron chi connectivity index (χ0n) is 13.2. The number of rotatable bonds is 7. The van der Waals surface area contributed by atoms with Crippen LogP contribution >= 0.6 is 11.6 Å². The molecule has 1 aliphatic heterocycles. The molecule has 0 aromatic heterocycles. The summed E-state index contributed by atoms with van der Waals surface area (Å²) >= 11 is 5.86. The number of nitrogens with zero attached hydrogens (tertiary/aromatic N) is 1. The number of carbonyl (C=O) groups excluding carboxylic acids is 1. The van der Waals surface area contributed by atoms with E-state index in [-0.39, 0.29) is 5.91 Å².